The molecular formula is C12H15N3O2. The highest BCUT2D eigenvalue weighted by atomic mass is 16.5. The van der Waals surface area contributed by atoms with Crippen molar-refractivity contribution in [3.05, 3.63) is 27.9 Å². The van der Waals surface area contributed by atoms with Gasteiger partial charge in [-0.3, -0.25) is 4.79 Å². The second-order valence-corrected chi connectivity index (χ2v) is 4.22. The summed E-state index contributed by atoms with van der Waals surface area (Å²) >= 11 is 0. The van der Waals surface area contributed by atoms with Crippen LogP contribution in [-0.4, -0.2) is 16.6 Å². The summed E-state index contributed by atoms with van der Waals surface area (Å²) in [5.74, 6) is 0.556. The monoisotopic (exact) mass is 233 g/mol. The molecule has 1 N–H and O–H groups in total. The van der Waals surface area contributed by atoms with E-state index in [4.69, 9.17) is 10.00 Å². The first-order valence-corrected chi connectivity index (χ1v) is 5.86. The molecule has 0 unspecified atom stereocenters. The fourth-order valence-corrected chi connectivity index (χ4v) is 2.38. The number of hydrogen-bond acceptors (Lipinski definition) is 4. The van der Waals surface area contributed by atoms with Crippen molar-refractivity contribution >= 4 is 0 Å². The van der Waals surface area contributed by atoms with Gasteiger partial charge in [0.25, 0.3) is 5.56 Å². The van der Waals surface area contributed by atoms with Gasteiger partial charge in [0.05, 0.1) is 6.20 Å². The molecule has 1 aromatic heterocycles. The Hall–Kier alpha value is -1.67. The van der Waals surface area contributed by atoms with Crippen LogP contribution in [-0.2, 0) is 10.3 Å². The van der Waals surface area contributed by atoms with Crippen LogP contribution in [0, 0.1) is 11.3 Å². The van der Waals surface area contributed by atoms with E-state index in [9.17, 15) is 4.79 Å². The quantitative estimate of drug-likeness (QED) is 0.856. The smallest absolute Gasteiger partial charge is 0.268 e. The van der Waals surface area contributed by atoms with Crippen LogP contribution in [0.25, 0.3) is 0 Å². The van der Waals surface area contributed by atoms with E-state index in [0.29, 0.717) is 12.4 Å². The Kier molecular flexibility index (Phi) is 3.25. The van der Waals surface area contributed by atoms with Gasteiger partial charge in [-0.2, -0.15) is 5.26 Å². The number of H-pyrrole nitrogens is 1. The van der Waals surface area contributed by atoms with Crippen LogP contribution >= 0.6 is 0 Å². The van der Waals surface area contributed by atoms with Crippen molar-refractivity contribution in [2.75, 3.05) is 6.61 Å². The second-order valence-electron chi connectivity index (χ2n) is 4.22. The largest absolute Gasteiger partial charge is 0.367 e. The summed E-state index contributed by atoms with van der Waals surface area (Å²) in [7, 11) is 0. The third kappa shape index (κ3) is 2.08. The maximum absolute atomic E-state index is 11.6. The number of rotatable bonds is 3. The van der Waals surface area contributed by atoms with Gasteiger partial charge in [-0.1, -0.05) is 0 Å². The molecule has 0 bridgehead atoms. The molecule has 0 atom stereocenters. The number of nitrogens with zero attached hydrogens (tertiary/aromatic N) is 2. The van der Waals surface area contributed by atoms with Crippen molar-refractivity contribution in [2.45, 2.75) is 38.2 Å². The van der Waals surface area contributed by atoms with E-state index in [-0.39, 0.29) is 11.1 Å². The lowest BCUT2D eigenvalue weighted by atomic mass is 10.0. The van der Waals surface area contributed by atoms with Crippen molar-refractivity contribution in [1.82, 2.24) is 9.97 Å². The molecule has 0 spiro atoms. The van der Waals surface area contributed by atoms with Gasteiger partial charge in [-0.25, -0.2) is 4.98 Å². The zero-order chi connectivity index (χ0) is 12.3. The average Bonchev–Trinajstić information content (AvgIpc) is 2.79. The van der Waals surface area contributed by atoms with Gasteiger partial charge < -0.3 is 9.72 Å². The Labute approximate surface area is 99.5 Å². The highest BCUT2D eigenvalue weighted by molar-refractivity contribution is 5.23. The molecule has 90 valence electrons. The zero-order valence-electron chi connectivity index (χ0n) is 9.82. The van der Waals surface area contributed by atoms with E-state index in [2.05, 4.69) is 9.97 Å². The van der Waals surface area contributed by atoms with Crippen LogP contribution in [0.4, 0.5) is 0 Å². The maximum atomic E-state index is 11.6. The Morgan fingerprint density at radius 1 is 1.59 bits per heavy atom. The standard InChI is InChI=1S/C12H15N3O2/c1-2-17-12(5-3-4-6-12)11-14-8-9(7-13)10(16)15-11/h8H,2-6H2,1H3,(H,14,15,16). The number of ether oxygens (including phenoxy) is 1. The van der Waals surface area contributed by atoms with Crippen LogP contribution in [0.3, 0.4) is 0 Å². The summed E-state index contributed by atoms with van der Waals surface area (Å²) in [6.45, 7) is 2.52. The van der Waals surface area contributed by atoms with Crippen LogP contribution in [0.5, 0.6) is 0 Å². The predicted molar refractivity (Wildman–Crippen MR) is 61.3 cm³/mol. The summed E-state index contributed by atoms with van der Waals surface area (Å²) in [6, 6.07) is 1.81. The minimum atomic E-state index is -0.456. The Balaban J connectivity index is 2.41. The van der Waals surface area contributed by atoms with Crippen molar-refractivity contribution in [1.29, 1.82) is 5.26 Å². The molecular weight excluding hydrogens is 218 g/mol. The molecule has 1 heterocycles. The van der Waals surface area contributed by atoms with Crippen molar-refractivity contribution in [3.63, 3.8) is 0 Å². The van der Waals surface area contributed by atoms with E-state index in [0.717, 1.165) is 25.7 Å². The Bertz CT molecular complexity index is 495. The third-order valence-electron chi connectivity index (χ3n) is 3.18. The van der Waals surface area contributed by atoms with Gasteiger partial charge in [0, 0.05) is 6.61 Å². The van der Waals surface area contributed by atoms with Crippen LogP contribution < -0.4 is 5.56 Å². The molecule has 1 aromatic rings. The van der Waals surface area contributed by atoms with Crippen molar-refractivity contribution < 1.29 is 4.74 Å². The zero-order valence-corrected chi connectivity index (χ0v) is 9.82. The van der Waals surface area contributed by atoms with E-state index < -0.39 is 5.60 Å². The predicted octanol–water partition coefficient (Wildman–Crippen LogP) is 1.45. The number of hydrogen-bond donors (Lipinski definition) is 1. The van der Waals surface area contributed by atoms with E-state index in [1.54, 1.807) is 0 Å². The summed E-state index contributed by atoms with van der Waals surface area (Å²) < 4.78 is 5.79. The molecule has 0 amide bonds. The first-order valence-electron chi connectivity index (χ1n) is 5.86. The van der Waals surface area contributed by atoms with Crippen molar-refractivity contribution in [3.8, 4) is 6.07 Å². The summed E-state index contributed by atoms with van der Waals surface area (Å²) in [5.41, 5.74) is -0.802. The van der Waals surface area contributed by atoms with Gasteiger partial charge in [-0.15, -0.1) is 0 Å². The first-order chi connectivity index (χ1) is 8.22. The lowest BCUT2D eigenvalue weighted by molar-refractivity contribution is -0.0458. The molecule has 2 rings (SSSR count). The van der Waals surface area contributed by atoms with Gasteiger partial charge in [0.2, 0.25) is 0 Å². The maximum Gasteiger partial charge on any atom is 0.268 e. The molecule has 1 fully saturated rings. The molecule has 1 aliphatic rings. The first kappa shape index (κ1) is 11.8. The molecule has 5 nitrogen and oxygen atoms in total. The minimum Gasteiger partial charge on any atom is -0.367 e. The molecule has 0 radical (unpaired) electrons. The van der Waals surface area contributed by atoms with Crippen LogP contribution in [0.2, 0.25) is 0 Å². The number of nitriles is 1. The van der Waals surface area contributed by atoms with Crippen LogP contribution in [0.15, 0.2) is 11.0 Å². The summed E-state index contributed by atoms with van der Waals surface area (Å²) in [5, 5.41) is 8.70. The normalized spacial score (nSPS) is 17.9. The average molecular weight is 233 g/mol. The topological polar surface area (TPSA) is 78.8 Å². The van der Waals surface area contributed by atoms with Gasteiger partial charge in [-0.05, 0) is 32.6 Å². The van der Waals surface area contributed by atoms with Gasteiger partial charge in [0.1, 0.15) is 23.1 Å². The SMILES string of the molecule is CCOC1(c2ncc(C#N)c(=O)[nH]2)CCCC1. The molecule has 1 aliphatic carbocycles. The lowest BCUT2D eigenvalue weighted by Crippen LogP contribution is -2.31. The molecule has 0 saturated heterocycles. The number of aromatic amines is 1. The van der Waals surface area contributed by atoms with E-state index >= 15 is 0 Å². The van der Waals surface area contributed by atoms with Crippen molar-refractivity contribution in [2.24, 2.45) is 0 Å². The van der Waals surface area contributed by atoms with Gasteiger partial charge >= 0.3 is 0 Å². The van der Waals surface area contributed by atoms with E-state index in [1.165, 1.54) is 6.20 Å². The molecule has 17 heavy (non-hydrogen) atoms. The molecule has 0 aliphatic heterocycles. The molecule has 0 aromatic carbocycles. The highest BCUT2D eigenvalue weighted by Gasteiger charge is 2.38. The second kappa shape index (κ2) is 4.68. The Morgan fingerprint density at radius 2 is 2.29 bits per heavy atom. The summed E-state index contributed by atoms with van der Waals surface area (Å²) in [6.07, 6.45) is 5.21. The minimum absolute atomic E-state index is 0.0402. The third-order valence-corrected chi connectivity index (χ3v) is 3.18. The fourth-order valence-electron chi connectivity index (χ4n) is 2.38. The number of aromatic nitrogens is 2. The molecule has 5 heteroatoms. The lowest BCUT2D eigenvalue weighted by Gasteiger charge is -2.27. The summed E-state index contributed by atoms with van der Waals surface area (Å²) in [4.78, 5) is 18.5. The number of nitrogens with one attached hydrogen (secondary N) is 1. The fraction of sp³-hybridized carbons (Fsp3) is 0.583. The highest BCUT2D eigenvalue weighted by Crippen LogP contribution is 2.39. The molecule has 1 saturated carbocycles. The van der Waals surface area contributed by atoms with E-state index in [1.807, 2.05) is 13.0 Å². The Morgan fingerprint density at radius 3 is 2.82 bits per heavy atom. The van der Waals surface area contributed by atoms with Gasteiger partial charge in [0.15, 0.2) is 0 Å². The van der Waals surface area contributed by atoms with Crippen LogP contribution in [0.1, 0.15) is 44.0 Å².